The predicted molar refractivity (Wildman–Crippen MR) is 121 cm³/mol. The second-order valence-electron chi connectivity index (χ2n) is 6.57. The fourth-order valence-electron chi connectivity index (χ4n) is 3.01. The molecule has 2 N–H and O–H groups in total. The van der Waals surface area contributed by atoms with Gasteiger partial charge in [-0.2, -0.15) is 0 Å². The Morgan fingerprint density at radius 2 is 1.97 bits per heavy atom. The number of carbonyl (C=O) groups excluding carboxylic acids is 1. The van der Waals surface area contributed by atoms with E-state index in [1.54, 1.807) is 31.2 Å². The van der Waals surface area contributed by atoms with Crippen molar-refractivity contribution >= 4 is 44.8 Å². The summed E-state index contributed by atoms with van der Waals surface area (Å²) in [5.41, 5.74) is 3.32. The lowest BCUT2D eigenvalue weighted by molar-refractivity contribution is -0.138. The number of carboxylic acids is 1. The average Bonchev–Trinajstić information content (AvgIpc) is 2.72. The fraction of sp³-hybridized carbons (Fsp3) is 0.227. The van der Waals surface area contributed by atoms with Crippen LogP contribution in [0.5, 0.6) is 0 Å². The average molecular weight is 489 g/mol. The zero-order chi connectivity index (χ0) is 21.7. The van der Waals surface area contributed by atoms with Crippen LogP contribution in [0.25, 0.3) is 0 Å². The number of aliphatic imine (C=N–C) groups is 1. The summed E-state index contributed by atoms with van der Waals surface area (Å²) >= 11 is 4.97. The van der Waals surface area contributed by atoms with E-state index in [2.05, 4.69) is 21.2 Å². The molecule has 3 rings (SSSR count). The monoisotopic (exact) mass is 488 g/mol. The molecule has 30 heavy (non-hydrogen) atoms. The van der Waals surface area contributed by atoms with Crippen LogP contribution in [-0.4, -0.2) is 28.8 Å². The molecule has 0 saturated heterocycles. The van der Waals surface area contributed by atoms with Crippen LogP contribution >= 0.6 is 27.7 Å². The molecule has 0 radical (unpaired) electrons. The Morgan fingerprint density at radius 3 is 2.60 bits per heavy atom. The van der Waals surface area contributed by atoms with Crippen LogP contribution in [0.15, 0.2) is 69.3 Å². The van der Waals surface area contributed by atoms with E-state index in [-0.39, 0.29) is 11.5 Å². The molecule has 0 saturated carbocycles. The predicted octanol–water partition coefficient (Wildman–Crippen LogP) is 4.92. The van der Waals surface area contributed by atoms with Crippen molar-refractivity contribution in [2.75, 3.05) is 6.61 Å². The van der Waals surface area contributed by atoms with Crippen molar-refractivity contribution in [3.05, 3.63) is 81.0 Å². The number of halogens is 1. The molecule has 0 aliphatic carbocycles. The zero-order valence-corrected chi connectivity index (χ0v) is 18.9. The molecule has 1 atom stereocenters. The van der Waals surface area contributed by atoms with Gasteiger partial charge >= 0.3 is 11.9 Å². The van der Waals surface area contributed by atoms with Crippen molar-refractivity contribution < 1.29 is 19.4 Å². The van der Waals surface area contributed by atoms with Crippen LogP contribution < -0.4 is 5.32 Å². The van der Waals surface area contributed by atoms with Gasteiger partial charge in [-0.15, -0.1) is 0 Å². The first-order chi connectivity index (χ1) is 14.4. The van der Waals surface area contributed by atoms with E-state index in [0.29, 0.717) is 28.8 Å². The first-order valence-corrected chi connectivity index (χ1v) is 11.1. The summed E-state index contributed by atoms with van der Waals surface area (Å²) < 4.78 is 6.16. The van der Waals surface area contributed by atoms with Gasteiger partial charge in [0.1, 0.15) is 6.04 Å². The number of nitrogens with one attached hydrogen (secondary N) is 1. The smallest absolute Gasteiger partial charge is 0.338 e. The Kier molecular flexibility index (Phi) is 7.33. The van der Waals surface area contributed by atoms with E-state index in [1.165, 1.54) is 11.8 Å². The molecule has 6 nitrogen and oxygen atoms in total. The largest absolute Gasteiger partial charge is 0.478 e. The summed E-state index contributed by atoms with van der Waals surface area (Å²) in [7, 11) is 0. The minimum atomic E-state index is -0.948. The summed E-state index contributed by atoms with van der Waals surface area (Å²) in [6.45, 7) is 3.91. The molecule has 0 bridgehead atoms. The number of amidine groups is 1. The first kappa shape index (κ1) is 22.1. The number of thioether (sulfide) groups is 1. The van der Waals surface area contributed by atoms with Gasteiger partial charge in [-0.3, -0.25) is 0 Å². The SMILES string of the molecule is CCOC(=O)C1=C(C)NC(SCc2ccc(C(=O)O)cc2)=N[C@H]1c1cccc(Br)c1. The number of rotatable bonds is 6. The van der Waals surface area contributed by atoms with E-state index in [1.807, 2.05) is 31.2 Å². The number of ether oxygens (including phenoxy) is 1. The molecule has 0 fully saturated rings. The number of aromatic carboxylic acids is 1. The lowest BCUT2D eigenvalue weighted by Gasteiger charge is -2.26. The van der Waals surface area contributed by atoms with E-state index in [9.17, 15) is 9.59 Å². The highest BCUT2D eigenvalue weighted by Gasteiger charge is 2.30. The van der Waals surface area contributed by atoms with E-state index in [0.717, 1.165) is 15.6 Å². The van der Waals surface area contributed by atoms with Gasteiger partial charge in [0, 0.05) is 15.9 Å². The van der Waals surface area contributed by atoms with Crippen molar-refractivity contribution in [3.63, 3.8) is 0 Å². The normalized spacial score (nSPS) is 16.0. The highest BCUT2D eigenvalue weighted by molar-refractivity contribution is 9.10. The third kappa shape index (κ3) is 5.31. The molecule has 0 spiro atoms. The number of esters is 1. The molecular weight excluding hydrogens is 468 g/mol. The first-order valence-electron chi connectivity index (χ1n) is 9.32. The van der Waals surface area contributed by atoms with Crippen LogP contribution in [0.2, 0.25) is 0 Å². The van der Waals surface area contributed by atoms with Gasteiger partial charge in [-0.05, 0) is 49.2 Å². The quantitative estimate of drug-likeness (QED) is 0.561. The molecule has 156 valence electrons. The molecule has 1 aliphatic heterocycles. The molecule has 8 heteroatoms. The van der Waals surface area contributed by atoms with Gasteiger partial charge in [-0.1, -0.05) is 52.0 Å². The number of hydrogen-bond donors (Lipinski definition) is 2. The minimum absolute atomic E-state index is 0.254. The third-order valence-electron chi connectivity index (χ3n) is 4.45. The molecule has 1 aliphatic rings. The highest BCUT2D eigenvalue weighted by atomic mass is 79.9. The van der Waals surface area contributed by atoms with E-state index in [4.69, 9.17) is 14.8 Å². The Labute approximate surface area is 187 Å². The maximum Gasteiger partial charge on any atom is 0.338 e. The summed E-state index contributed by atoms with van der Waals surface area (Å²) in [5.74, 6) is -0.722. The summed E-state index contributed by atoms with van der Waals surface area (Å²) in [6.07, 6.45) is 0. The molecular formula is C22H21BrN2O4S. The van der Waals surface area contributed by atoms with E-state index < -0.39 is 12.0 Å². The molecule has 0 unspecified atom stereocenters. The topological polar surface area (TPSA) is 88.0 Å². The highest BCUT2D eigenvalue weighted by Crippen LogP contribution is 2.34. The van der Waals surface area contributed by atoms with Gasteiger partial charge < -0.3 is 15.2 Å². The second-order valence-corrected chi connectivity index (χ2v) is 8.45. The van der Waals surface area contributed by atoms with Crippen LogP contribution in [0.1, 0.15) is 41.4 Å². The van der Waals surface area contributed by atoms with Crippen LogP contribution in [0.3, 0.4) is 0 Å². The van der Waals surface area contributed by atoms with Crippen molar-refractivity contribution in [1.29, 1.82) is 0 Å². The maximum atomic E-state index is 12.6. The van der Waals surface area contributed by atoms with Crippen LogP contribution in [-0.2, 0) is 15.3 Å². The van der Waals surface area contributed by atoms with Gasteiger partial charge in [0.05, 0.1) is 17.7 Å². The molecule has 2 aromatic rings. The second kappa shape index (κ2) is 9.95. The Balaban J connectivity index is 1.84. The lowest BCUT2D eigenvalue weighted by atomic mass is 9.97. The van der Waals surface area contributed by atoms with Gasteiger partial charge in [-0.25, -0.2) is 14.6 Å². The lowest BCUT2D eigenvalue weighted by Crippen LogP contribution is -2.30. The number of nitrogens with zero attached hydrogens (tertiary/aromatic N) is 1. The molecule has 2 aromatic carbocycles. The Morgan fingerprint density at radius 1 is 1.23 bits per heavy atom. The minimum Gasteiger partial charge on any atom is -0.478 e. The Bertz CT molecular complexity index is 1020. The van der Waals surface area contributed by atoms with Gasteiger partial charge in [0.25, 0.3) is 0 Å². The number of carboxylic acid groups (broad SMARTS) is 1. The van der Waals surface area contributed by atoms with Crippen molar-refractivity contribution in [2.24, 2.45) is 4.99 Å². The summed E-state index contributed by atoms with van der Waals surface area (Å²) in [4.78, 5) is 28.4. The number of benzene rings is 2. The van der Waals surface area contributed by atoms with Crippen molar-refractivity contribution in [1.82, 2.24) is 5.32 Å². The third-order valence-corrected chi connectivity index (χ3v) is 5.91. The zero-order valence-electron chi connectivity index (χ0n) is 16.5. The number of carbonyl (C=O) groups is 2. The molecule has 0 aromatic heterocycles. The summed E-state index contributed by atoms with van der Waals surface area (Å²) in [6, 6.07) is 14.0. The number of allylic oxidation sites excluding steroid dienone is 1. The molecule has 0 amide bonds. The Hall–Kier alpha value is -2.58. The van der Waals surface area contributed by atoms with Crippen molar-refractivity contribution in [3.8, 4) is 0 Å². The molecule has 1 heterocycles. The fourth-order valence-corrected chi connectivity index (χ4v) is 4.32. The summed E-state index contributed by atoms with van der Waals surface area (Å²) in [5, 5.41) is 12.9. The van der Waals surface area contributed by atoms with Crippen molar-refractivity contribution in [2.45, 2.75) is 25.6 Å². The van der Waals surface area contributed by atoms with Gasteiger partial charge in [0.2, 0.25) is 0 Å². The van der Waals surface area contributed by atoms with Crippen LogP contribution in [0.4, 0.5) is 0 Å². The standard InChI is InChI=1S/C22H21BrN2O4S/c1-3-29-21(28)18-13(2)24-22(25-19(18)16-5-4-6-17(23)11-16)30-12-14-7-9-15(10-8-14)20(26)27/h4-11,19H,3,12H2,1-2H3,(H,24,25)(H,26,27)/t19-/m0/s1. The maximum absolute atomic E-state index is 12.6. The van der Waals surface area contributed by atoms with Crippen LogP contribution in [0, 0.1) is 0 Å². The van der Waals surface area contributed by atoms with E-state index >= 15 is 0 Å². The number of hydrogen-bond acceptors (Lipinski definition) is 6. The van der Waals surface area contributed by atoms with Gasteiger partial charge in [0.15, 0.2) is 5.17 Å².